The minimum atomic E-state index is 0.172. The fraction of sp³-hybridized carbons (Fsp3) is 0.933. The van der Waals surface area contributed by atoms with Crippen molar-refractivity contribution < 1.29 is 4.79 Å². The van der Waals surface area contributed by atoms with Crippen LogP contribution in [0, 0.1) is 23.7 Å². The van der Waals surface area contributed by atoms with Crippen LogP contribution >= 0.6 is 0 Å². The van der Waals surface area contributed by atoms with E-state index in [4.69, 9.17) is 11.5 Å². The highest BCUT2D eigenvalue weighted by molar-refractivity contribution is 5.79. The smallest absolute Gasteiger partial charge is 0.223 e. The van der Waals surface area contributed by atoms with E-state index in [2.05, 4.69) is 5.32 Å². The monoisotopic (exact) mass is 267 g/mol. The van der Waals surface area contributed by atoms with Crippen LogP contribution in [-0.4, -0.2) is 25.5 Å². The van der Waals surface area contributed by atoms with Crippen molar-refractivity contribution in [2.24, 2.45) is 35.1 Å². The van der Waals surface area contributed by atoms with Gasteiger partial charge in [-0.2, -0.15) is 0 Å². The largest absolute Gasteiger partial charge is 0.356 e. The van der Waals surface area contributed by atoms with Crippen molar-refractivity contribution in [2.45, 2.75) is 44.9 Å². The predicted molar refractivity (Wildman–Crippen MR) is 77.4 cm³/mol. The first-order valence-corrected chi connectivity index (χ1v) is 7.92. The fourth-order valence-corrected chi connectivity index (χ4v) is 3.71. The minimum Gasteiger partial charge on any atom is -0.356 e. The second-order valence-electron chi connectivity index (χ2n) is 6.40. The van der Waals surface area contributed by atoms with Crippen LogP contribution < -0.4 is 16.8 Å². The molecule has 0 aliphatic heterocycles. The standard InChI is InChI=1S/C15H29N3O/c16-8-11-4-6-12(7-5-11)10-18-15(19)14-3-1-2-13(14)9-17/h11-14H,1-10,16-17H2,(H,18,19)/t11?,12?,13-,14-/m1/s1. The van der Waals surface area contributed by atoms with E-state index in [-0.39, 0.29) is 11.8 Å². The van der Waals surface area contributed by atoms with Crippen LogP contribution in [0.5, 0.6) is 0 Å². The number of hydrogen-bond donors (Lipinski definition) is 3. The van der Waals surface area contributed by atoms with Gasteiger partial charge in [-0.15, -0.1) is 0 Å². The molecule has 4 nitrogen and oxygen atoms in total. The molecule has 0 saturated heterocycles. The second kappa shape index (κ2) is 7.25. The van der Waals surface area contributed by atoms with Crippen LogP contribution in [0.1, 0.15) is 44.9 Å². The molecule has 2 aliphatic rings. The summed E-state index contributed by atoms with van der Waals surface area (Å²) < 4.78 is 0. The number of nitrogens with two attached hydrogens (primary N) is 2. The van der Waals surface area contributed by atoms with Gasteiger partial charge in [0.25, 0.3) is 0 Å². The van der Waals surface area contributed by atoms with Crippen LogP contribution in [0.2, 0.25) is 0 Å². The summed E-state index contributed by atoms with van der Waals surface area (Å²) in [4.78, 5) is 12.2. The molecule has 0 radical (unpaired) electrons. The lowest BCUT2D eigenvalue weighted by Gasteiger charge is -2.28. The third kappa shape index (κ3) is 3.93. The molecule has 2 rings (SSSR count). The van der Waals surface area contributed by atoms with E-state index >= 15 is 0 Å². The molecule has 2 fully saturated rings. The first kappa shape index (κ1) is 14.8. The lowest BCUT2D eigenvalue weighted by molar-refractivity contribution is -0.126. The van der Waals surface area contributed by atoms with Crippen molar-refractivity contribution in [3.8, 4) is 0 Å². The molecule has 0 aromatic rings. The van der Waals surface area contributed by atoms with E-state index in [1.165, 1.54) is 25.7 Å². The Bertz CT molecular complexity index is 287. The summed E-state index contributed by atoms with van der Waals surface area (Å²) in [5.41, 5.74) is 11.4. The fourth-order valence-electron chi connectivity index (χ4n) is 3.71. The van der Waals surface area contributed by atoms with E-state index in [1.54, 1.807) is 0 Å². The van der Waals surface area contributed by atoms with Crippen molar-refractivity contribution in [1.29, 1.82) is 0 Å². The molecular formula is C15H29N3O. The van der Waals surface area contributed by atoms with Crippen molar-refractivity contribution in [3.05, 3.63) is 0 Å². The minimum absolute atomic E-state index is 0.172. The highest BCUT2D eigenvalue weighted by Gasteiger charge is 2.32. The topological polar surface area (TPSA) is 81.1 Å². The molecule has 2 saturated carbocycles. The Balaban J connectivity index is 1.69. The molecule has 4 heteroatoms. The lowest BCUT2D eigenvalue weighted by atomic mass is 9.82. The zero-order valence-corrected chi connectivity index (χ0v) is 11.9. The van der Waals surface area contributed by atoms with Crippen molar-refractivity contribution in [2.75, 3.05) is 19.6 Å². The SMILES string of the molecule is NCC1CCC(CNC(=O)[C@@H]2CCC[C@@H]2CN)CC1. The average molecular weight is 267 g/mol. The second-order valence-corrected chi connectivity index (χ2v) is 6.40. The normalized spacial score (nSPS) is 35.3. The number of hydrogen-bond acceptors (Lipinski definition) is 3. The molecule has 0 unspecified atom stereocenters. The maximum atomic E-state index is 12.2. The summed E-state index contributed by atoms with van der Waals surface area (Å²) in [6, 6.07) is 0. The van der Waals surface area contributed by atoms with E-state index < -0.39 is 0 Å². The third-order valence-electron chi connectivity index (χ3n) is 5.16. The van der Waals surface area contributed by atoms with E-state index in [0.29, 0.717) is 24.3 Å². The first-order chi connectivity index (χ1) is 9.24. The molecule has 0 aromatic heterocycles. The molecule has 2 atom stereocenters. The van der Waals surface area contributed by atoms with Gasteiger partial charge < -0.3 is 16.8 Å². The Kier molecular flexibility index (Phi) is 5.64. The van der Waals surface area contributed by atoms with Crippen LogP contribution in [-0.2, 0) is 4.79 Å². The molecule has 0 heterocycles. The Morgan fingerprint density at radius 1 is 0.947 bits per heavy atom. The van der Waals surface area contributed by atoms with Gasteiger partial charge in [-0.1, -0.05) is 6.42 Å². The highest BCUT2D eigenvalue weighted by atomic mass is 16.1. The summed E-state index contributed by atoms with van der Waals surface area (Å²) in [5.74, 6) is 2.19. The van der Waals surface area contributed by atoms with Gasteiger partial charge in [0.1, 0.15) is 0 Å². The molecule has 110 valence electrons. The maximum Gasteiger partial charge on any atom is 0.223 e. The van der Waals surface area contributed by atoms with Gasteiger partial charge in [-0.3, -0.25) is 4.79 Å². The van der Waals surface area contributed by atoms with Gasteiger partial charge in [0, 0.05) is 12.5 Å². The molecule has 19 heavy (non-hydrogen) atoms. The first-order valence-electron chi connectivity index (χ1n) is 7.92. The predicted octanol–water partition coefficient (Wildman–Crippen LogP) is 1.24. The van der Waals surface area contributed by atoms with Crippen molar-refractivity contribution >= 4 is 5.91 Å². The average Bonchev–Trinajstić information content (AvgIpc) is 2.93. The molecule has 0 aromatic carbocycles. The summed E-state index contributed by atoms with van der Waals surface area (Å²) in [5, 5.41) is 3.17. The molecule has 5 N–H and O–H groups in total. The highest BCUT2D eigenvalue weighted by Crippen LogP contribution is 2.31. The van der Waals surface area contributed by atoms with E-state index in [0.717, 1.165) is 32.4 Å². The summed E-state index contributed by atoms with van der Waals surface area (Å²) in [6.45, 7) is 2.32. The summed E-state index contributed by atoms with van der Waals surface area (Å²) in [6.07, 6.45) is 8.18. The van der Waals surface area contributed by atoms with Gasteiger partial charge in [0.15, 0.2) is 0 Å². The third-order valence-corrected chi connectivity index (χ3v) is 5.16. The molecule has 0 spiro atoms. The summed E-state index contributed by atoms with van der Waals surface area (Å²) in [7, 11) is 0. The van der Waals surface area contributed by atoms with E-state index in [9.17, 15) is 4.79 Å². The molecule has 2 aliphatic carbocycles. The molecule has 0 bridgehead atoms. The number of carbonyl (C=O) groups is 1. The van der Waals surface area contributed by atoms with Gasteiger partial charge in [-0.05, 0) is 69.4 Å². The lowest BCUT2D eigenvalue weighted by Crippen LogP contribution is -2.38. The Hall–Kier alpha value is -0.610. The zero-order chi connectivity index (χ0) is 13.7. The Morgan fingerprint density at radius 2 is 1.63 bits per heavy atom. The van der Waals surface area contributed by atoms with Crippen molar-refractivity contribution in [1.82, 2.24) is 5.32 Å². The number of nitrogens with one attached hydrogen (secondary N) is 1. The molecular weight excluding hydrogens is 238 g/mol. The number of carbonyl (C=O) groups excluding carboxylic acids is 1. The van der Waals surface area contributed by atoms with E-state index in [1.807, 2.05) is 0 Å². The van der Waals surface area contributed by atoms with Crippen molar-refractivity contribution in [3.63, 3.8) is 0 Å². The molecule has 1 amide bonds. The van der Waals surface area contributed by atoms with Gasteiger partial charge in [-0.25, -0.2) is 0 Å². The van der Waals surface area contributed by atoms with Crippen LogP contribution in [0.3, 0.4) is 0 Å². The Labute approximate surface area is 116 Å². The number of amides is 1. The summed E-state index contributed by atoms with van der Waals surface area (Å²) >= 11 is 0. The van der Waals surface area contributed by atoms with Crippen LogP contribution in [0.15, 0.2) is 0 Å². The quantitative estimate of drug-likeness (QED) is 0.701. The van der Waals surface area contributed by atoms with Gasteiger partial charge in [0.2, 0.25) is 5.91 Å². The van der Waals surface area contributed by atoms with Crippen LogP contribution in [0.25, 0.3) is 0 Å². The number of rotatable bonds is 5. The van der Waals surface area contributed by atoms with Gasteiger partial charge >= 0.3 is 0 Å². The maximum absolute atomic E-state index is 12.2. The zero-order valence-electron chi connectivity index (χ0n) is 11.9. The van der Waals surface area contributed by atoms with Gasteiger partial charge in [0.05, 0.1) is 0 Å². The Morgan fingerprint density at radius 3 is 2.26 bits per heavy atom. The van der Waals surface area contributed by atoms with Crippen LogP contribution in [0.4, 0.5) is 0 Å².